The minimum atomic E-state index is -2.74. The summed E-state index contributed by atoms with van der Waals surface area (Å²) in [4.78, 5) is 18.5. The van der Waals surface area contributed by atoms with E-state index in [1.54, 1.807) is 6.07 Å². The molecular weight excluding hydrogens is 504 g/mol. The van der Waals surface area contributed by atoms with Crippen LogP contribution in [0.2, 0.25) is 0 Å². The number of morpholine rings is 2. The molecule has 0 amide bonds. The minimum Gasteiger partial charge on any atom is -0.379 e. The predicted molar refractivity (Wildman–Crippen MR) is 146 cm³/mol. The molecule has 3 fully saturated rings. The third kappa shape index (κ3) is 5.85. The average molecular weight is 542 g/mol. The van der Waals surface area contributed by atoms with Gasteiger partial charge in [-0.3, -0.25) is 9.47 Å². The predicted octanol–water partition coefficient (Wildman–Crippen LogP) is 4.20. The summed E-state index contributed by atoms with van der Waals surface area (Å²) in [5.74, 6) is 1.77. The molecule has 39 heavy (non-hydrogen) atoms. The number of nitrogens with one attached hydrogen (secondary N) is 1. The standard InChI is InChI=1S/C28H37F2N7O2/c1-19-2-7-23-22(16-19)32-27(26(29)30)37(23)25-17-24(36-10-14-39-15-11-36)33-28(34-25)31-18-20-3-5-21(6-4-20)35-8-12-38-13-9-35/h2,7,16-17,20-21,26H,3-6,8-15,18H2,1H3,(H,31,33,34). The largest absolute Gasteiger partial charge is 0.379 e. The highest BCUT2D eigenvalue weighted by Crippen LogP contribution is 2.31. The summed E-state index contributed by atoms with van der Waals surface area (Å²) in [5, 5.41) is 3.46. The van der Waals surface area contributed by atoms with Crippen molar-refractivity contribution >= 4 is 22.8 Å². The third-order valence-corrected chi connectivity index (χ3v) is 8.22. The van der Waals surface area contributed by atoms with Crippen molar-refractivity contribution in [2.24, 2.45) is 5.92 Å². The Labute approximate surface area is 227 Å². The second-order valence-electron chi connectivity index (χ2n) is 10.8. The van der Waals surface area contributed by atoms with Crippen molar-refractivity contribution in [2.75, 3.05) is 69.4 Å². The molecule has 2 saturated heterocycles. The van der Waals surface area contributed by atoms with Crippen molar-refractivity contribution in [3.05, 3.63) is 35.7 Å². The summed E-state index contributed by atoms with van der Waals surface area (Å²) >= 11 is 0. The first-order chi connectivity index (χ1) is 19.0. The lowest BCUT2D eigenvalue weighted by atomic mass is 9.85. The van der Waals surface area contributed by atoms with Gasteiger partial charge in [-0.2, -0.15) is 9.97 Å². The lowest BCUT2D eigenvalue weighted by molar-refractivity contribution is 0.00539. The topological polar surface area (TPSA) is 80.6 Å². The maximum Gasteiger partial charge on any atom is 0.296 e. The van der Waals surface area contributed by atoms with Crippen LogP contribution < -0.4 is 10.2 Å². The maximum absolute atomic E-state index is 14.2. The van der Waals surface area contributed by atoms with Crippen LogP contribution >= 0.6 is 0 Å². The Bertz CT molecular complexity index is 1270. The lowest BCUT2D eigenvalue weighted by Gasteiger charge is -2.38. The molecule has 9 nitrogen and oxygen atoms in total. The second kappa shape index (κ2) is 11.7. The summed E-state index contributed by atoms with van der Waals surface area (Å²) in [5.41, 5.74) is 2.11. The van der Waals surface area contributed by atoms with E-state index in [-0.39, 0.29) is 5.82 Å². The van der Waals surface area contributed by atoms with Gasteiger partial charge in [-0.15, -0.1) is 0 Å². The molecule has 3 aromatic rings. The molecule has 0 unspecified atom stereocenters. The smallest absolute Gasteiger partial charge is 0.296 e. The molecule has 11 heteroatoms. The summed E-state index contributed by atoms with van der Waals surface area (Å²) in [6, 6.07) is 8.00. The SMILES string of the molecule is Cc1ccc2c(c1)nc(C(F)F)n2-c1cc(N2CCOCC2)nc(NCC2CCC(N3CCOCC3)CC2)n1. The molecule has 0 bridgehead atoms. The molecule has 2 aromatic heterocycles. The van der Waals surface area contributed by atoms with Crippen LogP contribution in [0.3, 0.4) is 0 Å². The van der Waals surface area contributed by atoms with Crippen LogP contribution in [-0.4, -0.2) is 89.6 Å². The zero-order chi connectivity index (χ0) is 26.8. The molecule has 6 rings (SSSR count). The fraction of sp³-hybridized carbons (Fsp3) is 0.607. The number of nitrogens with zero attached hydrogens (tertiary/aromatic N) is 6. The van der Waals surface area contributed by atoms with Crippen LogP contribution in [0.5, 0.6) is 0 Å². The quantitative estimate of drug-likeness (QED) is 0.477. The van der Waals surface area contributed by atoms with Gasteiger partial charge in [0.25, 0.3) is 6.43 Å². The van der Waals surface area contributed by atoms with E-state index in [2.05, 4.69) is 20.1 Å². The van der Waals surface area contributed by atoms with E-state index in [9.17, 15) is 8.78 Å². The average Bonchev–Trinajstić information content (AvgIpc) is 3.36. The van der Waals surface area contributed by atoms with Gasteiger partial charge in [-0.1, -0.05) is 6.07 Å². The summed E-state index contributed by atoms with van der Waals surface area (Å²) in [6.07, 6.45) is 1.92. The molecule has 3 aliphatic rings. The number of halogens is 2. The number of imidazole rings is 1. The molecule has 1 aliphatic carbocycles. The van der Waals surface area contributed by atoms with Gasteiger partial charge in [0.2, 0.25) is 5.95 Å². The highest BCUT2D eigenvalue weighted by Gasteiger charge is 2.28. The fourth-order valence-electron chi connectivity index (χ4n) is 6.06. The molecular formula is C28H37F2N7O2. The maximum atomic E-state index is 14.2. The van der Waals surface area contributed by atoms with Gasteiger partial charge in [0.05, 0.1) is 37.5 Å². The molecule has 1 aromatic carbocycles. The van der Waals surface area contributed by atoms with Gasteiger partial charge >= 0.3 is 0 Å². The van der Waals surface area contributed by atoms with Gasteiger partial charge < -0.3 is 19.7 Å². The Kier molecular flexibility index (Phi) is 7.90. The van der Waals surface area contributed by atoms with Crippen LogP contribution in [-0.2, 0) is 9.47 Å². The number of fused-ring (bicyclic) bond motifs is 1. The van der Waals surface area contributed by atoms with Crippen LogP contribution in [0.25, 0.3) is 16.9 Å². The van der Waals surface area contributed by atoms with E-state index >= 15 is 0 Å². The van der Waals surface area contributed by atoms with E-state index in [1.165, 1.54) is 17.4 Å². The Morgan fingerprint density at radius 1 is 0.897 bits per heavy atom. The zero-order valence-electron chi connectivity index (χ0n) is 22.5. The number of benzene rings is 1. The van der Waals surface area contributed by atoms with Crippen molar-refractivity contribution < 1.29 is 18.3 Å². The van der Waals surface area contributed by atoms with Crippen LogP contribution in [0.4, 0.5) is 20.5 Å². The molecule has 0 atom stereocenters. The molecule has 0 radical (unpaired) electrons. The van der Waals surface area contributed by atoms with Crippen molar-refractivity contribution in [3.63, 3.8) is 0 Å². The van der Waals surface area contributed by atoms with Crippen LogP contribution in [0.1, 0.15) is 43.5 Å². The van der Waals surface area contributed by atoms with Crippen molar-refractivity contribution in [1.29, 1.82) is 0 Å². The number of ether oxygens (including phenoxy) is 2. The summed E-state index contributed by atoms with van der Waals surface area (Å²) in [6.45, 7) is 8.99. The lowest BCUT2D eigenvalue weighted by Crippen LogP contribution is -2.45. The highest BCUT2D eigenvalue weighted by molar-refractivity contribution is 5.79. The Balaban J connectivity index is 1.25. The monoisotopic (exact) mass is 541 g/mol. The number of hydrogen-bond acceptors (Lipinski definition) is 8. The number of alkyl halides is 2. The Hall–Kier alpha value is -2.89. The van der Waals surface area contributed by atoms with E-state index in [4.69, 9.17) is 19.4 Å². The van der Waals surface area contributed by atoms with Gasteiger partial charge in [0.1, 0.15) is 11.6 Å². The van der Waals surface area contributed by atoms with Crippen LogP contribution in [0.15, 0.2) is 24.3 Å². The molecule has 0 spiro atoms. The molecule has 210 valence electrons. The number of aromatic nitrogens is 4. The number of rotatable bonds is 7. The van der Waals surface area contributed by atoms with Gasteiger partial charge in [0, 0.05) is 44.8 Å². The van der Waals surface area contributed by atoms with E-state index < -0.39 is 6.43 Å². The molecule has 2 aliphatic heterocycles. The normalized spacial score (nSPS) is 23.0. The first-order valence-corrected chi connectivity index (χ1v) is 14.1. The highest BCUT2D eigenvalue weighted by atomic mass is 19.3. The number of hydrogen-bond donors (Lipinski definition) is 1. The fourth-order valence-corrected chi connectivity index (χ4v) is 6.06. The van der Waals surface area contributed by atoms with E-state index in [0.717, 1.165) is 51.3 Å². The Morgan fingerprint density at radius 2 is 1.59 bits per heavy atom. The van der Waals surface area contributed by atoms with Gasteiger partial charge in [-0.25, -0.2) is 13.8 Å². The van der Waals surface area contributed by atoms with Crippen molar-refractivity contribution in [2.45, 2.75) is 45.1 Å². The first kappa shape index (κ1) is 26.3. The third-order valence-electron chi connectivity index (χ3n) is 8.22. The van der Waals surface area contributed by atoms with Crippen molar-refractivity contribution in [3.8, 4) is 5.82 Å². The van der Waals surface area contributed by atoms with Crippen molar-refractivity contribution in [1.82, 2.24) is 24.4 Å². The molecule has 4 heterocycles. The second-order valence-corrected chi connectivity index (χ2v) is 10.8. The first-order valence-electron chi connectivity index (χ1n) is 14.1. The van der Waals surface area contributed by atoms with E-state index in [1.807, 2.05) is 25.1 Å². The number of aryl methyl sites for hydroxylation is 1. The minimum absolute atomic E-state index is 0.311. The Morgan fingerprint density at radius 3 is 2.31 bits per heavy atom. The van der Waals surface area contributed by atoms with E-state index in [0.29, 0.717) is 66.9 Å². The molecule has 1 N–H and O–H groups in total. The summed E-state index contributed by atoms with van der Waals surface area (Å²) in [7, 11) is 0. The molecule has 1 saturated carbocycles. The van der Waals surface area contributed by atoms with Crippen LogP contribution in [0, 0.1) is 12.8 Å². The van der Waals surface area contributed by atoms with Gasteiger partial charge in [-0.05, 0) is 56.2 Å². The zero-order valence-corrected chi connectivity index (χ0v) is 22.5. The number of anilines is 2. The summed E-state index contributed by atoms with van der Waals surface area (Å²) < 4.78 is 40.9. The van der Waals surface area contributed by atoms with Gasteiger partial charge in [0.15, 0.2) is 5.82 Å².